The molecular formula is C14H20FNO2. The van der Waals surface area contributed by atoms with Crippen LogP contribution in [0, 0.1) is 11.7 Å². The molecule has 0 saturated heterocycles. The first-order chi connectivity index (χ1) is 8.63. The molecule has 1 aliphatic carbocycles. The van der Waals surface area contributed by atoms with E-state index in [-0.39, 0.29) is 17.5 Å². The minimum Gasteiger partial charge on any atom is -0.504 e. The second-order valence-electron chi connectivity index (χ2n) is 4.97. The molecule has 0 heterocycles. The number of methoxy groups -OCH3 is 1. The van der Waals surface area contributed by atoms with Gasteiger partial charge in [-0.05, 0) is 24.8 Å². The fourth-order valence-electron chi connectivity index (χ4n) is 2.75. The summed E-state index contributed by atoms with van der Waals surface area (Å²) in [7, 11) is 1.41. The lowest BCUT2D eigenvalue weighted by molar-refractivity contribution is 0.298. The highest BCUT2D eigenvalue weighted by atomic mass is 19.1. The summed E-state index contributed by atoms with van der Waals surface area (Å²) in [5.41, 5.74) is 6.64. The zero-order chi connectivity index (χ0) is 13.1. The van der Waals surface area contributed by atoms with Gasteiger partial charge in [0.2, 0.25) is 0 Å². The van der Waals surface area contributed by atoms with Crippen LogP contribution in [0.25, 0.3) is 0 Å². The zero-order valence-electron chi connectivity index (χ0n) is 10.7. The number of hydrogen-bond acceptors (Lipinski definition) is 3. The maximum absolute atomic E-state index is 13.5. The summed E-state index contributed by atoms with van der Waals surface area (Å²) in [6, 6.07) is 2.17. The fourth-order valence-corrected chi connectivity index (χ4v) is 2.75. The van der Waals surface area contributed by atoms with Gasteiger partial charge >= 0.3 is 0 Å². The summed E-state index contributed by atoms with van der Waals surface area (Å²) in [6.45, 7) is 0. The number of hydrogen-bond donors (Lipinski definition) is 2. The minimum atomic E-state index is -0.425. The van der Waals surface area contributed by atoms with Crippen LogP contribution in [0.15, 0.2) is 12.1 Å². The molecule has 1 saturated carbocycles. The van der Waals surface area contributed by atoms with Crippen LogP contribution in [0.3, 0.4) is 0 Å². The summed E-state index contributed by atoms with van der Waals surface area (Å²) in [4.78, 5) is 0. The van der Waals surface area contributed by atoms with Crippen LogP contribution in [-0.2, 0) is 0 Å². The van der Waals surface area contributed by atoms with E-state index in [2.05, 4.69) is 0 Å². The first-order valence-corrected chi connectivity index (χ1v) is 6.45. The highest BCUT2D eigenvalue weighted by Crippen LogP contribution is 2.40. The van der Waals surface area contributed by atoms with E-state index in [1.165, 1.54) is 25.7 Å². The van der Waals surface area contributed by atoms with Gasteiger partial charge in [-0.25, -0.2) is 4.39 Å². The molecule has 4 heteroatoms. The quantitative estimate of drug-likeness (QED) is 0.870. The molecule has 3 N–H and O–H groups in total. The van der Waals surface area contributed by atoms with Crippen molar-refractivity contribution >= 4 is 0 Å². The van der Waals surface area contributed by atoms with Gasteiger partial charge in [-0.2, -0.15) is 0 Å². The SMILES string of the molecule is COc1cc(F)cc([C@@H](N)C2CCCCC2)c1O. The van der Waals surface area contributed by atoms with E-state index < -0.39 is 5.82 Å². The van der Waals surface area contributed by atoms with Gasteiger partial charge in [0.05, 0.1) is 7.11 Å². The van der Waals surface area contributed by atoms with Crippen LogP contribution in [-0.4, -0.2) is 12.2 Å². The van der Waals surface area contributed by atoms with E-state index in [0.29, 0.717) is 11.5 Å². The molecule has 1 atom stereocenters. The molecule has 1 aliphatic rings. The van der Waals surface area contributed by atoms with E-state index in [0.717, 1.165) is 25.7 Å². The number of benzene rings is 1. The van der Waals surface area contributed by atoms with Crippen molar-refractivity contribution in [2.24, 2.45) is 11.7 Å². The third kappa shape index (κ3) is 2.58. The standard InChI is InChI=1S/C14H20FNO2/c1-18-12-8-10(15)7-11(14(12)17)13(16)9-5-3-2-4-6-9/h7-9,13,17H,2-6,16H2,1H3/t13-/m0/s1. The van der Waals surface area contributed by atoms with Gasteiger partial charge in [0, 0.05) is 17.7 Å². The molecule has 1 fully saturated rings. The van der Waals surface area contributed by atoms with Crippen molar-refractivity contribution < 1.29 is 14.2 Å². The molecule has 0 aromatic heterocycles. The summed E-state index contributed by atoms with van der Waals surface area (Å²) in [5.74, 6) is 0.00954. The highest BCUT2D eigenvalue weighted by Gasteiger charge is 2.25. The van der Waals surface area contributed by atoms with Crippen LogP contribution >= 0.6 is 0 Å². The highest BCUT2D eigenvalue weighted by molar-refractivity contribution is 5.47. The second kappa shape index (κ2) is 5.57. The van der Waals surface area contributed by atoms with Crippen molar-refractivity contribution in [3.8, 4) is 11.5 Å². The number of halogens is 1. The lowest BCUT2D eigenvalue weighted by Gasteiger charge is -2.28. The molecule has 0 amide bonds. The number of nitrogens with two attached hydrogens (primary N) is 1. The Morgan fingerprint density at radius 1 is 1.33 bits per heavy atom. The lowest BCUT2D eigenvalue weighted by atomic mass is 9.81. The van der Waals surface area contributed by atoms with E-state index >= 15 is 0 Å². The third-order valence-electron chi connectivity index (χ3n) is 3.81. The van der Waals surface area contributed by atoms with E-state index in [4.69, 9.17) is 10.5 Å². The Bertz CT molecular complexity index is 417. The normalized spacial score (nSPS) is 18.6. The molecule has 18 heavy (non-hydrogen) atoms. The summed E-state index contributed by atoms with van der Waals surface area (Å²) < 4.78 is 18.4. The summed E-state index contributed by atoms with van der Waals surface area (Å²) >= 11 is 0. The Kier molecular flexibility index (Phi) is 4.07. The molecule has 0 radical (unpaired) electrons. The largest absolute Gasteiger partial charge is 0.504 e. The van der Waals surface area contributed by atoms with Crippen LogP contribution in [0.1, 0.15) is 43.7 Å². The number of phenolic OH excluding ortho intramolecular Hbond substituents is 1. The van der Waals surface area contributed by atoms with Gasteiger partial charge in [0.25, 0.3) is 0 Å². The summed E-state index contributed by atoms with van der Waals surface area (Å²) in [6.07, 6.45) is 5.64. The molecule has 1 aromatic rings. The molecular weight excluding hydrogens is 233 g/mol. The maximum atomic E-state index is 13.5. The first kappa shape index (κ1) is 13.1. The van der Waals surface area contributed by atoms with Crippen molar-refractivity contribution in [1.29, 1.82) is 0 Å². The Morgan fingerprint density at radius 2 is 2.00 bits per heavy atom. The first-order valence-electron chi connectivity index (χ1n) is 6.45. The van der Waals surface area contributed by atoms with Gasteiger partial charge in [-0.15, -0.1) is 0 Å². The molecule has 1 aromatic carbocycles. The van der Waals surface area contributed by atoms with Crippen LogP contribution in [0.5, 0.6) is 11.5 Å². The van der Waals surface area contributed by atoms with Gasteiger partial charge in [0.1, 0.15) is 5.82 Å². The Hall–Kier alpha value is -1.29. The van der Waals surface area contributed by atoms with Gasteiger partial charge in [0.15, 0.2) is 11.5 Å². The fraction of sp³-hybridized carbons (Fsp3) is 0.571. The predicted molar refractivity (Wildman–Crippen MR) is 68.1 cm³/mol. The van der Waals surface area contributed by atoms with Crippen LogP contribution in [0.4, 0.5) is 4.39 Å². The zero-order valence-corrected chi connectivity index (χ0v) is 10.7. The molecule has 3 nitrogen and oxygen atoms in total. The van der Waals surface area contributed by atoms with E-state index in [1.807, 2.05) is 0 Å². The minimum absolute atomic E-state index is 0.0306. The third-order valence-corrected chi connectivity index (χ3v) is 3.81. The van der Waals surface area contributed by atoms with Crippen LogP contribution < -0.4 is 10.5 Å². The Balaban J connectivity index is 2.28. The summed E-state index contributed by atoms with van der Waals surface area (Å²) in [5, 5.41) is 10.0. The monoisotopic (exact) mass is 253 g/mol. The van der Waals surface area contributed by atoms with E-state index in [9.17, 15) is 9.50 Å². The van der Waals surface area contributed by atoms with Gasteiger partial charge in [-0.1, -0.05) is 19.3 Å². The van der Waals surface area contributed by atoms with Crippen molar-refractivity contribution in [3.05, 3.63) is 23.5 Å². The molecule has 100 valence electrons. The molecule has 0 bridgehead atoms. The number of ether oxygens (including phenoxy) is 1. The molecule has 0 spiro atoms. The van der Waals surface area contributed by atoms with Gasteiger partial charge < -0.3 is 15.6 Å². The number of rotatable bonds is 3. The topological polar surface area (TPSA) is 55.5 Å². The van der Waals surface area contributed by atoms with Crippen molar-refractivity contribution in [2.75, 3.05) is 7.11 Å². The van der Waals surface area contributed by atoms with Crippen molar-refractivity contribution in [1.82, 2.24) is 0 Å². The van der Waals surface area contributed by atoms with E-state index in [1.54, 1.807) is 0 Å². The Labute approximate surface area is 107 Å². The number of aromatic hydroxyl groups is 1. The smallest absolute Gasteiger partial charge is 0.163 e. The van der Waals surface area contributed by atoms with Gasteiger partial charge in [-0.3, -0.25) is 0 Å². The van der Waals surface area contributed by atoms with Crippen molar-refractivity contribution in [3.63, 3.8) is 0 Å². The molecule has 0 aliphatic heterocycles. The predicted octanol–water partition coefficient (Wildman–Crippen LogP) is 3.12. The average molecular weight is 253 g/mol. The number of phenols is 1. The lowest BCUT2D eigenvalue weighted by Crippen LogP contribution is -2.23. The molecule has 2 rings (SSSR count). The Morgan fingerprint density at radius 3 is 2.61 bits per heavy atom. The van der Waals surface area contributed by atoms with Crippen LogP contribution in [0.2, 0.25) is 0 Å². The molecule has 0 unspecified atom stereocenters. The maximum Gasteiger partial charge on any atom is 0.163 e. The second-order valence-corrected chi connectivity index (χ2v) is 4.97. The average Bonchev–Trinajstić information content (AvgIpc) is 2.41. The van der Waals surface area contributed by atoms with Crippen molar-refractivity contribution in [2.45, 2.75) is 38.1 Å².